The molecule has 0 spiro atoms. The number of carbonyl (C=O) groups is 3. The molecule has 0 radical (unpaired) electrons. The lowest BCUT2D eigenvalue weighted by Gasteiger charge is -2.12. The summed E-state index contributed by atoms with van der Waals surface area (Å²) in [6.45, 7) is 2.20. The van der Waals surface area contributed by atoms with Gasteiger partial charge in [0.15, 0.2) is 15.3 Å². The van der Waals surface area contributed by atoms with E-state index in [1.54, 1.807) is 30.3 Å². The van der Waals surface area contributed by atoms with Crippen LogP contribution in [-0.2, 0) is 20.9 Å². The number of benzene rings is 4. The number of nitrogens with zero attached hydrogens (tertiary/aromatic N) is 4. The van der Waals surface area contributed by atoms with E-state index in [4.69, 9.17) is 9.47 Å². The second kappa shape index (κ2) is 15.8. The van der Waals surface area contributed by atoms with E-state index in [2.05, 4.69) is 25.8 Å². The molecule has 0 unspecified atom stereocenters. The number of fused-ring (bicyclic) bond motifs is 1. The molecule has 0 fully saturated rings. The Balaban J connectivity index is 1.04. The van der Waals surface area contributed by atoms with Crippen LogP contribution in [0, 0.1) is 6.92 Å². The lowest BCUT2D eigenvalue weighted by molar-refractivity contribution is -0.114. The van der Waals surface area contributed by atoms with E-state index in [9.17, 15) is 14.4 Å². The van der Waals surface area contributed by atoms with Gasteiger partial charge in [0, 0.05) is 17.1 Å². The Bertz CT molecular complexity index is 2100. The smallest absolute Gasteiger partial charge is 0.337 e. The van der Waals surface area contributed by atoms with Crippen molar-refractivity contribution in [3.63, 3.8) is 0 Å². The second-order valence-electron chi connectivity index (χ2n) is 10.5. The molecule has 2 N–H and O–H groups in total. The maximum Gasteiger partial charge on any atom is 0.337 e. The number of thiazole rings is 1. The van der Waals surface area contributed by atoms with Crippen molar-refractivity contribution in [1.29, 1.82) is 0 Å². The standard InChI is InChI=1S/C35H30N6O5S3/c1-22-8-6-7-11-28(22)46-19-30-39-40-34(41(30)26-9-4-3-5-10-26)47-20-31(42)37-25-16-17-27-29(18-25)49-35(38-27)48-21-32(43)36-24-14-12-23(13-15-24)33(44)45-2/h3-18H,19-21H2,1-2H3,(H,36,43)(H,37,42). The third kappa shape index (κ3) is 8.65. The number of nitrogens with one attached hydrogen (secondary N) is 2. The first kappa shape index (κ1) is 33.7. The summed E-state index contributed by atoms with van der Waals surface area (Å²) in [7, 11) is 1.32. The number of aryl methyl sites for hydroxylation is 1. The summed E-state index contributed by atoms with van der Waals surface area (Å²) in [6.07, 6.45) is 0. The lowest BCUT2D eigenvalue weighted by atomic mass is 10.2. The van der Waals surface area contributed by atoms with Gasteiger partial charge in [0.1, 0.15) is 12.4 Å². The highest BCUT2D eigenvalue weighted by atomic mass is 32.2. The molecular formula is C35H30N6O5S3. The minimum Gasteiger partial charge on any atom is -0.485 e. The van der Waals surface area contributed by atoms with Crippen molar-refractivity contribution in [3.05, 3.63) is 114 Å². The molecule has 248 valence electrons. The van der Waals surface area contributed by atoms with Crippen molar-refractivity contribution < 1.29 is 23.9 Å². The van der Waals surface area contributed by atoms with E-state index in [-0.39, 0.29) is 29.9 Å². The predicted molar refractivity (Wildman–Crippen MR) is 193 cm³/mol. The summed E-state index contributed by atoms with van der Waals surface area (Å²) in [4.78, 5) is 41.8. The first-order valence-electron chi connectivity index (χ1n) is 15.0. The number of para-hydroxylation sites is 2. The molecule has 49 heavy (non-hydrogen) atoms. The van der Waals surface area contributed by atoms with Crippen molar-refractivity contribution in [2.24, 2.45) is 0 Å². The molecular weight excluding hydrogens is 681 g/mol. The average Bonchev–Trinajstić information content (AvgIpc) is 3.73. The molecule has 2 amide bonds. The van der Waals surface area contributed by atoms with Gasteiger partial charge in [0.2, 0.25) is 11.8 Å². The van der Waals surface area contributed by atoms with E-state index >= 15 is 0 Å². The van der Waals surface area contributed by atoms with Crippen molar-refractivity contribution in [2.75, 3.05) is 29.2 Å². The highest BCUT2D eigenvalue weighted by Crippen LogP contribution is 2.32. The van der Waals surface area contributed by atoms with Crippen LogP contribution in [0.3, 0.4) is 0 Å². The third-order valence-electron chi connectivity index (χ3n) is 7.07. The Morgan fingerprint density at radius 1 is 0.816 bits per heavy atom. The Morgan fingerprint density at radius 3 is 2.27 bits per heavy atom. The van der Waals surface area contributed by atoms with Gasteiger partial charge in [-0.2, -0.15) is 0 Å². The average molecular weight is 711 g/mol. The van der Waals surface area contributed by atoms with Crippen molar-refractivity contribution in [1.82, 2.24) is 19.7 Å². The maximum absolute atomic E-state index is 13.0. The summed E-state index contributed by atoms with van der Waals surface area (Å²) < 4.78 is 14.3. The summed E-state index contributed by atoms with van der Waals surface area (Å²) in [5.74, 6) is 0.834. The van der Waals surface area contributed by atoms with Crippen LogP contribution in [0.15, 0.2) is 107 Å². The van der Waals surface area contributed by atoms with Crippen LogP contribution in [0.2, 0.25) is 0 Å². The van der Waals surface area contributed by atoms with Gasteiger partial charge in [-0.25, -0.2) is 9.78 Å². The molecule has 0 aliphatic carbocycles. The molecule has 2 heterocycles. The zero-order chi connectivity index (χ0) is 34.2. The summed E-state index contributed by atoms with van der Waals surface area (Å²) in [5, 5.41) is 15.1. The van der Waals surface area contributed by atoms with Gasteiger partial charge in [0.25, 0.3) is 0 Å². The largest absolute Gasteiger partial charge is 0.485 e. The van der Waals surface area contributed by atoms with Crippen LogP contribution < -0.4 is 15.4 Å². The summed E-state index contributed by atoms with van der Waals surface area (Å²) in [6, 6.07) is 29.5. The molecule has 6 aromatic rings. The summed E-state index contributed by atoms with van der Waals surface area (Å²) in [5.41, 5.74) is 4.29. The van der Waals surface area contributed by atoms with Crippen LogP contribution in [0.1, 0.15) is 21.7 Å². The van der Waals surface area contributed by atoms with Crippen LogP contribution in [0.5, 0.6) is 5.75 Å². The number of amides is 2. The molecule has 0 aliphatic rings. The number of esters is 1. The molecule has 4 aromatic carbocycles. The SMILES string of the molecule is COC(=O)c1ccc(NC(=O)CSc2nc3ccc(NC(=O)CSc4nnc(COc5ccccc5C)n4-c4ccccc4)cc3s2)cc1. The quantitative estimate of drug-likeness (QED) is 0.0951. The first-order valence-corrected chi connectivity index (χ1v) is 17.8. The molecule has 6 rings (SSSR count). The molecule has 0 atom stereocenters. The van der Waals surface area contributed by atoms with E-state index < -0.39 is 5.97 Å². The van der Waals surface area contributed by atoms with Gasteiger partial charge in [-0.05, 0) is 73.2 Å². The number of hydrogen-bond acceptors (Lipinski definition) is 11. The Morgan fingerprint density at radius 2 is 1.51 bits per heavy atom. The molecule has 2 aromatic heterocycles. The molecule has 0 bridgehead atoms. The van der Waals surface area contributed by atoms with Gasteiger partial charge in [-0.15, -0.1) is 21.5 Å². The fraction of sp³-hybridized carbons (Fsp3) is 0.143. The van der Waals surface area contributed by atoms with E-state index in [1.165, 1.54) is 42.0 Å². The zero-order valence-electron chi connectivity index (χ0n) is 26.4. The number of ether oxygens (including phenoxy) is 2. The number of anilines is 2. The van der Waals surface area contributed by atoms with E-state index in [1.807, 2.05) is 78.2 Å². The predicted octanol–water partition coefficient (Wildman–Crippen LogP) is 7.01. The highest BCUT2D eigenvalue weighted by Gasteiger charge is 2.17. The Kier molecular flexibility index (Phi) is 10.9. The molecule has 0 saturated carbocycles. The summed E-state index contributed by atoms with van der Waals surface area (Å²) >= 11 is 4.05. The first-order chi connectivity index (χ1) is 23.9. The number of methoxy groups -OCH3 is 1. The van der Waals surface area contributed by atoms with Gasteiger partial charge >= 0.3 is 5.97 Å². The Labute approximate surface area is 294 Å². The van der Waals surface area contributed by atoms with Crippen LogP contribution in [0.25, 0.3) is 15.9 Å². The number of aromatic nitrogens is 4. The maximum atomic E-state index is 13.0. The van der Waals surface area contributed by atoms with Crippen LogP contribution in [-0.4, -0.2) is 56.1 Å². The van der Waals surface area contributed by atoms with Gasteiger partial charge < -0.3 is 20.1 Å². The van der Waals surface area contributed by atoms with E-state index in [0.29, 0.717) is 27.9 Å². The fourth-order valence-electron chi connectivity index (χ4n) is 4.69. The number of thioether (sulfide) groups is 2. The number of carbonyl (C=O) groups excluding carboxylic acids is 3. The van der Waals surface area contributed by atoms with Gasteiger partial charge in [-0.1, -0.05) is 59.9 Å². The Hall–Kier alpha value is -5.18. The topological polar surface area (TPSA) is 137 Å². The second-order valence-corrected chi connectivity index (χ2v) is 13.7. The number of rotatable bonds is 13. The highest BCUT2D eigenvalue weighted by molar-refractivity contribution is 8.01. The lowest BCUT2D eigenvalue weighted by Crippen LogP contribution is -2.14. The normalized spacial score (nSPS) is 10.9. The molecule has 0 aliphatic heterocycles. The minimum atomic E-state index is -0.440. The third-order valence-corrected chi connectivity index (χ3v) is 10.2. The zero-order valence-corrected chi connectivity index (χ0v) is 28.9. The van der Waals surface area contributed by atoms with Crippen LogP contribution >= 0.6 is 34.9 Å². The number of hydrogen-bond donors (Lipinski definition) is 2. The van der Waals surface area contributed by atoms with Gasteiger partial charge in [0.05, 0.1) is 34.4 Å². The molecule has 0 saturated heterocycles. The van der Waals surface area contributed by atoms with Crippen molar-refractivity contribution >= 4 is 74.2 Å². The van der Waals surface area contributed by atoms with Gasteiger partial charge in [-0.3, -0.25) is 14.2 Å². The minimum absolute atomic E-state index is 0.117. The van der Waals surface area contributed by atoms with Crippen molar-refractivity contribution in [3.8, 4) is 11.4 Å². The molecule has 11 nitrogen and oxygen atoms in total. The molecule has 14 heteroatoms. The van der Waals surface area contributed by atoms with E-state index in [0.717, 1.165) is 31.6 Å². The fourth-order valence-corrected chi connectivity index (χ4v) is 7.36. The van der Waals surface area contributed by atoms with Crippen molar-refractivity contribution in [2.45, 2.75) is 23.0 Å². The van der Waals surface area contributed by atoms with Crippen LogP contribution in [0.4, 0.5) is 11.4 Å². The monoisotopic (exact) mass is 710 g/mol.